The second-order valence-corrected chi connectivity index (χ2v) is 5.86. The zero-order valence-electron chi connectivity index (χ0n) is 14.2. The third-order valence-electron chi connectivity index (χ3n) is 3.24. The predicted molar refractivity (Wildman–Crippen MR) is 112 cm³/mol. The summed E-state index contributed by atoms with van der Waals surface area (Å²) in [5.74, 6) is 1.88. The first-order chi connectivity index (χ1) is 11.1. The molecule has 2 aromatic rings. The average Bonchev–Trinajstić information content (AvgIpc) is 2.55. The molecule has 5 heteroatoms. The molecule has 4 nitrogen and oxygen atoms in total. The molecule has 0 radical (unpaired) electrons. The lowest BCUT2D eigenvalue weighted by Gasteiger charge is -2.09. The van der Waals surface area contributed by atoms with Gasteiger partial charge >= 0.3 is 0 Å². The van der Waals surface area contributed by atoms with E-state index in [4.69, 9.17) is 10.5 Å². The smallest absolute Gasteiger partial charge is 0.193 e. The van der Waals surface area contributed by atoms with Crippen LogP contribution in [-0.4, -0.2) is 19.1 Å². The number of benzene rings is 2. The van der Waals surface area contributed by atoms with Gasteiger partial charge < -0.3 is 15.8 Å². The van der Waals surface area contributed by atoms with E-state index in [0.29, 0.717) is 18.4 Å². The Bertz CT molecular complexity index is 612. The summed E-state index contributed by atoms with van der Waals surface area (Å²) >= 11 is 0. The Hall–Kier alpha value is -1.76. The van der Waals surface area contributed by atoms with Crippen molar-refractivity contribution >= 4 is 35.6 Å². The number of hydrogen-bond donors (Lipinski definition) is 2. The van der Waals surface area contributed by atoms with Crippen molar-refractivity contribution in [3.8, 4) is 5.75 Å². The Kier molecular flexibility index (Phi) is 9.22. The van der Waals surface area contributed by atoms with Crippen LogP contribution in [0.2, 0.25) is 0 Å². The molecule has 0 fully saturated rings. The number of nitrogens with one attached hydrogen (secondary N) is 1. The molecule has 2 aromatic carbocycles. The van der Waals surface area contributed by atoms with Gasteiger partial charge in [0.25, 0.3) is 0 Å². The second-order valence-electron chi connectivity index (χ2n) is 5.86. The van der Waals surface area contributed by atoms with Crippen molar-refractivity contribution in [2.75, 3.05) is 18.5 Å². The first-order valence-electron chi connectivity index (χ1n) is 7.97. The van der Waals surface area contributed by atoms with Gasteiger partial charge in [0.2, 0.25) is 0 Å². The van der Waals surface area contributed by atoms with Crippen molar-refractivity contribution in [2.24, 2.45) is 16.6 Å². The summed E-state index contributed by atoms with van der Waals surface area (Å²) < 4.78 is 5.67. The highest BCUT2D eigenvalue weighted by atomic mass is 127. The fourth-order valence-corrected chi connectivity index (χ4v) is 2.03. The lowest BCUT2D eigenvalue weighted by Crippen LogP contribution is -2.23. The molecule has 0 saturated heterocycles. The lowest BCUT2D eigenvalue weighted by atomic mass is 10.1. The molecular formula is C19H26IN3O. The number of nitrogens with zero attached hydrogens (tertiary/aromatic N) is 1. The van der Waals surface area contributed by atoms with Gasteiger partial charge in [-0.25, -0.2) is 0 Å². The van der Waals surface area contributed by atoms with Gasteiger partial charge in [0.05, 0.1) is 6.61 Å². The summed E-state index contributed by atoms with van der Waals surface area (Å²) in [5, 5.41) is 3.07. The number of aliphatic imine (C=N–C) groups is 1. The topological polar surface area (TPSA) is 59.6 Å². The Morgan fingerprint density at radius 3 is 2.38 bits per heavy atom. The van der Waals surface area contributed by atoms with Crippen LogP contribution < -0.4 is 15.8 Å². The van der Waals surface area contributed by atoms with Crippen LogP contribution >= 0.6 is 24.0 Å². The van der Waals surface area contributed by atoms with Gasteiger partial charge in [-0.2, -0.15) is 0 Å². The molecule has 0 heterocycles. The fraction of sp³-hybridized carbons (Fsp3) is 0.316. The van der Waals surface area contributed by atoms with E-state index in [1.165, 1.54) is 5.56 Å². The van der Waals surface area contributed by atoms with E-state index in [-0.39, 0.29) is 24.0 Å². The highest BCUT2D eigenvalue weighted by molar-refractivity contribution is 14.0. The molecule has 0 aromatic heterocycles. The molecule has 3 N–H and O–H groups in total. The summed E-state index contributed by atoms with van der Waals surface area (Å²) in [5.41, 5.74) is 8.05. The number of guanidine groups is 1. The number of nitrogens with two attached hydrogens (primary N) is 1. The summed E-state index contributed by atoms with van der Waals surface area (Å²) in [7, 11) is 0. The first kappa shape index (κ1) is 20.3. The largest absolute Gasteiger partial charge is 0.493 e. The molecule has 0 amide bonds. The van der Waals surface area contributed by atoms with Crippen LogP contribution in [0.15, 0.2) is 59.6 Å². The Labute approximate surface area is 161 Å². The van der Waals surface area contributed by atoms with Crippen LogP contribution in [0.4, 0.5) is 5.69 Å². The Morgan fingerprint density at radius 2 is 1.75 bits per heavy atom. The first-order valence-corrected chi connectivity index (χ1v) is 7.97. The molecule has 0 unspecified atom stereocenters. The van der Waals surface area contributed by atoms with E-state index in [1.807, 2.05) is 42.5 Å². The maximum absolute atomic E-state index is 5.88. The quantitative estimate of drug-likeness (QED) is 0.384. The van der Waals surface area contributed by atoms with Crippen molar-refractivity contribution in [2.45, 2.75) is 20.3 Å². The minimum Gasteiger partial charge on any atom is -0.493 e. The monoisotopic (exact) mass is 439 g/mol. The minimum absolute atomic E-state index is 0. The van der Waals surface area contributed by atoms with E-state index in [9.17, 15) is 0 Å². The molecule has 0 atom stereocenters. The molecule has 2 rings (SSSR count). The molecule has 0 aliphatic rings. The highest BCUT2D eigenvalue weighted by Gasteiger charge is 1.99. The van der Waals surface area contributed by atoms with Crippen LogP contribution in [0.3, 0.4) is 0 Å². The van der Waals surface area contributed by atoms with Crippen molar-refractivity contribution in [1.29, 1.82) is 0 Å². The van der Waals surface area contributed by atoms with Gasteiger partial charge in [-0.05, 0) is 42.2 Å². The normalized spacial score (nSPS) is 11.0. The van der Waals surface area contributed by atoms with E-state index in [0.717, 1.165) is 24.5 Å². The zero-order valence-corrected chi connectivity index (χ0v) is 16.6. The molecule has 0 bridgehead atoms. The van der Waals surface area contributed by atoms with Gasteiger partial charge in [-0.3, -0.25) is 4.99 Å². The number of anilines is 1. The molecule has 0 aliphatic heterocycles. The molecule has 0 saturated carbocycles. The predicted octanol–water partition coefficient (Wildman–Crippen LogP) is 4.31. The summed E-state index contributed by atoms with van der Waals surface area (Å²) in [6.45, 7) is 5.67. The number of rotatable bonds is 7. The molecule has 24 heavy (non-hydrogen) atoms. The fourth-order valence-electron chi connectivity index (χ4n) is 2.03. The van der Waals surface area contributed by atoms with Crippen molar-refractivity contribution in [1.82, 2.24) is 0 Å². The lowest BCUT2D eigenvalue weighted by molar-refractivity contribution is 0.271. The highest BCUT2D eigenvalue weighted by Crippen LogP contribution is 2.13. The van der Waals surface area contributed by atoms with Gasteiger partial charge in [0.15, 0.2) is 5.96 Å². The maximum Gasteiger partial charge on any atom is 0.193 e. The number of ether oxygens (including phenoxy) is 1. The van der Waals surface area contributed by atoms with Crippen LogP contribution in [-0.2, 0) is 6.42 Å². The Balaban J connectivity index is 0.00000288. The molecular weight excluding hydrogens is 413 g/mol. The van der Waals surface area contributed by atoms with E-state index in [2.05, 4.69) is 36.3 Å². The third-order valence-corrected chi connectivity index (χ3v) is 3.24. The van der Waals surface area contributed by atoms with Crippen LogP contribution in [0.5, 0.6) is 5.75 Å². The average molecular weight is 439 g/mol. The third kappa shape index (κ3) is 7.68. The zero-order chi connectivity index (χ0) is 16.5. The molecule has 0 spiro atoms. The van der Waals surface area contributed by atoms with Gasteiger partial charge in [0.1, 0.15) is 5.75 Å². The van der Waals surface area contributed by atoms with Crippen LogP contribution in [0.1, 0.15) is 19.4 Å². The van der Waals surface area contributed by atoms with Crippen LogP contribution in [0, 0.1) is 5.92 Å². The van der Waals surface area contributed by atoms with Crippen molar-refractivity contribution in [3.05, 3.63) is 60.2 Å². The Morgan fingerprint density at radius 1 is 1.08 bits per heavy atom. The number of hydrogen-bond acceptors (Lipinski definition) is 2. The van der Waals surface area contributed by atoms with Crippen LogP contribution in [0.25, 0.3) is 0 Å². The summed E-state index contributed by atoms with van der Waals surface area (Å²) in [4.78, 5) is 4.35. The van der Waals surface area contributed by atoms with Gasteiger partial charge in [-0.15, -0.1) is 24.0 Å². The standard InChI is InChI=1S/C19H25N3O.HI/c1-15(2)14-23-18-10-8-16(9-11-18)12-13-21-19(20)22-17-6-4-3-5-7-17;/h3-11,15H,12-14H2,1-2H3,(H3,20,21,22);1H. The molecule has 0 aliphatic carbocycles. The van der Waals surface area contributed by atoms with E-state index < -0.39 is 0 Å². The maximum atomic E-state index is 5.88. The number of para-hydroxylation sites is 1. The van der Waals surface area contributed by atoms with Gasteiger partial charge in [0, 0.05) is 12.2 Å². The van der Waals surface area contributed by atoms with Gasteiger partial charge in [-0.1, -0.05) is 44.2 Å². The van der Waals surface area contributed by atoms with Crippen molar-refractivity contribution < 1.29 is 4.74 Å². The minimum atomic E-state index is 0. The second kappa shape index (κ2) is 10.9. The van der Waals surface area contributed by atoms with Crippen molar-refractivity contribution in [3.63, 3.8) is 0 Å². The summed E-state index contributed by atoms with van der Waals surface area (Å²) in [6.07, 6.45) is 0.849. The van der Waals surface area contributed by atoms with E-state index in [1.54, 1.807) is 0 Å². The summed E-state index contributed by atoms with van der Waals surface area (Å²) in [6, 6.07) is 18.0. The SMILES string of the molecule is CC(C)COc1ccc(CCN=C(N)Nc2ccccc2)cc1.I. The number of halogens is 1. The molecule has 130 valence electrons. The van der Waals surface area contributed by atoms with E-state index >= 15 is 0 Å².